The van der Waals surface area contributed by atoms with Gasteiger partial charge in [0.05, 0.1) is 6.26 Å². The van der Waals surface area contributed by atoms with Gasteiger partial charge in [0.25, 0.3) is 5.79 Å². The fourth-order valence-corrected chi connectivity index (χ4v) is 1.67. The van der Waals surface area contributed by atoms with E-state index in [9.17, 15) is 4.79 Å². The van der Waals surface area contributed by atoms with Gasteiger partial charge in [-0.3, -0.25) is 4.79 Å². The Hall–Kier alpha value is -1.99. The van der Waals surface area contributed by atoms with Crippen molar-refractivity contribution in [3.63, 3.8) is 0 Å². The molecule has 4 nitrogen and oxygen atoms in total. The van der Waals surface area contributed by atoms with Crippen LogP contribution >= 0.6 is 0 Å². The Balaban J connectivity index is 0.000000771. The zero-order valence-corrected chi connectivity index (χ0v) is 10.5. The highest BCUT2D eigenvalue weighted by atomic mass is 16.7. The minimum Gasteiger partial charge on any atom is -0.462 e. The number of rotatable bonds is 1. The predicted molar refractivity (Wildman–Crippen MR) is 67.2 cm³/mol. The van der Waals surface area contributed by atoms with E-state index in [1.54, 1.807) is 25.2 Å². The summed E-state index contributed by atoms with van der Waals surface area (Å²) in [7, 11) is 0. The highest BCUT2D eigenvalue weighted by Gasteiger charge is 2.48. The monoisotopic (exact) mass is 248 g/mol. The van der Waals surface area contributed by atoms with Gasteiger partial charge in [-0.15, -0.1) is 19.1 Å². The lowest BCUT2D eigenvalue weighted by Crippen LogP contribution is -2.41. The summed E-state index contributed by atoms with van der Waals surface area (Å²) in [6.07, 6.45) is 5.77. The molecule has 4 heteroatoms. The van der Waals surface area contributed by atoms with Gasteiger partial charge in [0, 0.05) is 6.92 Å². The molecule has 0 fully saturated rings. The Morgan fingerprint density at radius 2 is 2.17 bits per heavy atom. The lowest BCUT2D eigenvalue weighted by atomic mass is 10.1. The van der Waals surface area contributed by atoms with Gasteiger partial charge < -0.3 is 14.2 Å². The van der Waals surface area contributed by atoms with E-state index in [-0.39, 0.29) is 12.1 Å². The second-order valence-electron chi connectivity index (χ2n) is 3.49. The summed E-state index contributed by atoms with van der Waals surface area (Å²) in [6, 6.07) is 0. The van der Waals surface area contributed by atoms with Crippen LogP contribution in [0, 0.1) is 11.8 Å². The van der Waals surface area contributed by atoms with Crippen LogP contribution in [0.3, 0.4) is 0 Å². The summed E-state index contributed by atoms with van der Waals surface area (Å²) in [5.41, 5.74) is 0. The van der Waals surface area contributed by atoms with Crippen molar-refractivity contribution < 1.29 is 19.0 Å². The summed E-state index contributed by atoms with van der Waals surface area (Å²) in [5, 5.41) is 0. The maximum atomic E-state index is 10.9. The predicted octanol–water partition coefficient (Wildman–Crippen LogP) is 1.94. The van der Waals surface area contributed by atoms with Crippen LogP contribution in [0.15, 0.2) is 37.6 Å². The molecule has 2 aliphatic heterocycles. The van der Waals surface area contributed by atoms with Gasteiger partial charge in [0.2, 0.25) is 0 Å². The van der Waals surface area contributed by atoms with Crippen molar-refractivity contribution in [2.24, 2.45) is 0 Å². The highest BCUT2D eigenvalue weighted by molar-refractivity contribution is 5.66. The second-order valence-corrected chi connectivity index (χ2v) is 3.49. The molecule has 0 aromatic carbocycles. The lowest BCUT2D eigenvalue weighted by Gasteiger charge is -2.27. The van der Waals surface area contributed by atoms with Gasteiger partial charge in [-0.2, -0.15) is 0 Å². The standard InChI is InChI=1S/C12H12O4.C2H4/c1-3-4-10-5-7-12(16-10)11(6-8-14-12)15-9(2)13;1-2/h5-8,10-11H,1-2H3;1-2H2. The average molecular weight is 248 g/mol. The Bertz CT molecular complexity index is 427. The average Bonchev–Trinajstić information content (AvgIpc) is 2.91. The molecule has 1 spiro atoms. The molecule has 0 bridgehead atoms. The van der Waals surface area contributed by atoms with Crippen LogP contribution in [0.4, 0.5) is 0 Å². The first-order valence-corrected chi connectivity index (χ1v) is 5.47. The topological polar surface area (TPSA) is 44.8 Å². The van der Waals surface area contributed by atoms with Crippen LogP contribution in [0.25, 0.3) is 0 Å². The van der Waals surface area contributed by atoms with E-state index in [4.69, 9.17) is 14.2 Å². The third kappa shape index (κ3) is 2.82. The third-order valence-electron chi connectivity index (χ3n) is 2.30. The molecular formula is C14H16O4. The lowest BCUT2D eigenvalue weighted by molar-refractivity contribution is -0.208. The van der Waals surface area contributed by atoms with Gasteiger partial charge in [-0.05, 0) is 25.2 Å². The molecule has 2 heterocycles. The summed E-state index contributed by atoms with van der Waals surface area (Å²) in [4.78, 5) is 10.9. The normalized spacial score (nSPS) is 31.0. The first kappa shape index (κ1) is 14.1. The summed E-state index contributed by atoms with van der Waals surface area (Å²) in [6.45, 7) is 9.08. The van der Waals surface area contributed by atoms with Gasteiger partial charge in [0.15, 0.2) is 6.10 Å². The van der Waals surface area contributed by atoms with Crippen LogP contribution in [0.1, 0.15) is 13.8 Å². The molecular weight excluding hydrogens is 232 g/mol. The Labute approximate surface area is 107 Å². The number of hydrogen-bond donors (Lipinski definition) is 0. The molecule has 96 valence electrons. The summed E-state index contributed by atoms with van der Waals surface area (Å²) >= 11 is 0. The van der Waals surface area contributed by atoms with Crippen molar-refractivity contribution in [1.29, 1.82) is 0 Å². The van der Waals surface area contributed by atoms with Crippen LogP contribution in [-0.2, 0) is 19.0 Å². The van der Waals surface area contributed by atoms with Crippen molar-refractivity contribution in [3.05, 3.63) is 37.6 Å². The number of ether oxygens (including phenoxy) is 3. The first-order valence-electron chi connectivity index (χ1n) is 5.47. The van der Waals surface area contributed by atoms with Gasteiger partial charge in [-0.25, -0.2) is 0 Å². The third-order valence-corrected chi connectivity index (χ3v) is 2.30. The van der Waals surface area contributed by atoms with Crippen molar-refractivity contribution in [2.45, 2.75) is 31.8 Å². The molecule has 3 atom stereocenters. The van der Waals surface area contributed by atoms with E-state index in [2.05, 4.69) is 25.0 Å². The largest absolute Gasteiger partial charge is 0.462 e. The fourth-order valence-electron chi connectivity index (χ4n) is 1.67. The number of carbonyl (C=O) groups excluding carboxylic acids is 1. The van der Waals surface area contributed by atoms with Crippen LogP contribution in [0.5, 0.6) is 0 Å². The minimum atomic E-state index is -1.03. The van der Waals surface area contributed by atoms with Gasteiger partial charge in [-0.1, -0.05) is 5.92 Å². The molecule has 0 amide bonds. The molecule has 0 aromatic heterocycles. The van der Waals surface area contributed by atoms with E-state index < -0.39 is 11.9 Å². The molecule has 0 radical (unpaired) electrons. The van der Waals surface area contributed by atoms with E-state index in [0.717, 1.165) is 0 Å². The van der Waals surface area contributed by atoms with Crippen LogP contribution < -0.4 is 0 Å². The van der Waals surface area contributed by atoms with Crippen LogP contribution in [-0.4, -0.2) is 24.0 Å². The first-order chi connectivity index (χ1) is 8.66. The van der Waals surface area contributed by atoms with Gasteiger partial charge in [0.1, 0.15) is 6.10 Å². The van der Waals surface area contributed by atoms with Gasteiger partial charge >= 0.3 is 5.97 Å². The van der Waals surface area contributed by atoms with Crippen molar-refractivity contribution in [3.8, 4) is 11.8 Å². The maximum absolute atomic E-state index is 10.9. The van der Waals surface area contributed by atoms with Crippen molar-refractivity contribution in [1.82, 2.24) is 0 Å². The smallest absolute Gasteiger partial charge is 0.303 e. The quantitative estimate of drug-likeness (QED) is 0.404. The van der Waals surface area contributed by atoms with E-state index in [1.165, 1.54) is 13.2 Å². The maximum Gasteiger partial charge on any atom is 0.303 e. The molecule has 2 rings (SSSR count). The van der Waals surface area contributed by atoms with Crippen molar-refractivity contribution in [2.75, 3.05) is 0 Å². The molecule has 0 aliphatic carbocycles. The minimum absolute atomic E-state index is 0.317. The summed E-state index contributed by atoms with van der Waals surface area (Å²) < 4.78 is 16.1. The molecule has 18 heavy (non-hydrogen) atoms. The molecule has 0 saturated heterocycles. The highest BCUT2D eigenvalue weighted by Crippen LogP contribution is 2.35. The molecule has 0 N–H and O–H groups in total. The zero-order chi connectivity index (χ0) is 13.6. The van der Waals surface area contributed by atoms with Crippen LogP contribution in [0.2, 0.25) is 0 Å². The zero-order valence-electron chi connectivity index (χ0n) is 10.5. The molecule has 2 aliphatic rings. The number of hydrogen-bond acceptors (Lipinski definition) is 4. The molecule has 0 saturated carbocycles. The SMILES string of the molecule is C=C.CC#CC1C=CC2(OC=CC2OC(C)=O)O1. The molecule has 0 aromatic rings. The number of carbonyl (C=O) groups is 1. The fraction of sp³-hybridized carbons (Fsp3) is 0.357. The Morgan fingerprint density at radius 1 is 1.44 bits per heavy atom. The number of esters is 1. The Kier molecular flexibility index (Phi) is 4.75. The van der Waals surface area contributed by atoms with Crippen molar-refractivity contribution >= 4 is 5.97 Å². The van der Waals surface area contributed by atoms with E-state index in [0.29, 0.717) is 0 Å². The summed E-state index contributed by atoms with van der Waals surface area (Å²) in [5.74, 6) is 4.22. The molecule has 3 unspecified atom stereocenters. The van der Waals surface area contributed by atoms with E-state index >= 15 is 0 Å². The second kappa shape index (κ2) is 6.08. The Morgan fingerprint density at radius 3 is 2.78 bits per heavy atom. The van der Waals surface area contributed by atoms with E-state index in [1.807, 2.05) is 0 Å².